The number of aryl methyl sites for hydroxylation is 1. The number of methoxy groups -OCH3 is 1. The van der Waals surface area contributed by atoms with Crippen LogP contribution in [0, 0.1) is 5.92 Å². The van der Waals surface area contributed by atoms with Crippen LogP contribution in [0.1, 0.15) is 53.5 Å². The lowest BCUT2D eigenvalue weighted by Gasteiger charge is -2.35. The number of amides is 1. The van der Waals surface area contributed by atoms with Gasteiger partial charge < -0.3 is 14.5 Å². The molecule has 4 rings (SSSR count). The third-order valence-electron chi connectivity index (χ3n) is 6.61. The molecule has 6 nitrogen and oxygen atoms in total. The number of hydrogen-bond donors (Lipinski definition) is 1. The molecule has 0 radical (unpaired) electrons. The quantitative estimate of drug-likeness (QED) is 0.725. The van der Waals surface area contributed by atoms with Crippen molar-refractivity contribution in [3.63, 3.8) is 0 Å². The first-order valence-electron chi connectivity index (χ1n) is 11.4. The number of aromatic nitrogens is 2. The van der Waals surface area contributed by atoms with Crippen LogP contribution in [0.2, 0.25) is 0 Å². The highest BCUT2D eigenvalue weighted by Crippen LogP contribution is 2.25. The van der Waals surface area contributed by atoms with Gasteiger partial charge in [-0.1, -0.05) is 12.1 Å². The van der Waals surface area contributed by atoms with E-state index in [1.807, 2.05) is 11.0 Å². The van der Waals surface area contributed by atoms with E-state index < -0.39 is 0 Å². The van der Waals surface area contributed by atoms with Gasteiger partial charge in [-0.05, 0) is 75.6 Å². The molecule has 1 aromatic heterocycles. The highest BCUT2D eigenvalue weighted by atomic mass is 16.5. The van der Waals surface area contributed by atoms with E-state index in [-0.39, 0.29) is 5.91 Å². The summed E-state index contributed by atoms with van der Waals surface area (Å²) < 4.78 is 5.34. The topological polar surface area (TPSA) is 61.5 Å². The van der Waals surface area contributed by atoms with Crippen LogP contribution in [0.15, 0.2) is 24.3 Å². The van der Waals surface area contributed by atoms with E-state index in [0.29, 0.717) is 11.6 Å². The van der Waals surface area contributed by atoms with Gasteiger partial charge in [-0.2, -0.15) is 5.10 Å². The Labute approximate surface area is 179 Å². The number of nitrogens with zero attached hydrogens (tertiary/aromatic N) is 3. The lowest BCUT2D eigenvalue weighted by Crippen LogP contribution is -2.43. The smallest absolute Gasteiger partial charge is 0.274 e. The van der Waals surface area contributed by atoms with Crippen LogP contribution in [0.5, 0.6) is 5.75 Å². The van der Waals surface area contributed by atoms with Gasteiger partial charge in [0.05, 0.1) is 7.11 Å². The Hall–Kier alpha value is -2.34. The van der Waals surface area contributed by atoms with E-state index in [2.05, 4.69) is 40.2 Å². The molecule has 1 N–H and O–H groups in total. The Morgan fingerprint density at radius 3 is 3.07 bits per heavy atom. The predicted molar refractivity (Wildman–Crippen MR) is 118 cm³/mol. The molecule has 1 saturated heterocycles. The molecular weight excluding hydrogens is 376 g/mol. The fraction of sp³-hybridized carbons (Fsp3) is 0.583. The van der Waals surface area contributed by atoms with Gasteiger partial charge in [0.25, 0.3) is 5.91 Å². The summed E-state index contributed by atoms with van der Waals surface area (Å²) in [6.45, 7) is 6.90. The van der Waals surface area contributed by atoms with Crippen molar-refractivity contribution in [2.24, 2.45) is 5.92 Å². The predicted octanol–water partition coefficient (Wildman–Crippen LogP) is 3.32. The zero-order valence-corrected chi connectivity index (χ0v) is 18.3. The summed E-state index contributed by atoms with van der Waals surface area (Å²) in [5.74, 6) is 1.55. The number of piperidine rings is 1. The van der Waals surface area contributed by atoms with Crippen LogP contribution >= 0.6 is 0 Å². The van der Waals surface area contributed by atoms with Gasteiger partial charge in [-0.15, -0.1) is 0 Å². The summed E-state index contributed by atoms with van der Waals surface area (Å²) in [5.41, 5.74) is 4.29. The Kier molecular flexibility index (Phi) is 6.72. The first kappa shape index (κ1) is 20.9. The molecule has 2 aliphatic rings. The van der Waals surface area contributed by atoms with Crippen LogP contribution in [-0.4, -0.2) is 65.7 Å². The van der Waals surface area contributed by atoms with Gasteiger partial charge >= 0.3 is 0 Å². The number of benzene rings is 1. The molecule has 162 valence electrons. The number of carbonyl (C=O) groups excluding carboxylic acids is 1. The molecule has 1 aliphatic heterocycles. The molecule has 0 bridgehead atoms. The third-order valence-corrected chi connectivity index (χ3v) is 6.61. The SMILES string of the molecule is CCN(CC1CCCN(CCc2cccc(OC)c2)C1)C(=O)c1n[nH]c2c1CCC2. The second-order valence-electron chi connectivity index (χ2n) is 8.64. The van der Waals surface area contributed by atoms with E-state index in [0.717, 1.165) is 75.4 Å². The normalized spacial score (nSPS) is 18.9. The van der Waals surface area contributed by atoms with Crippen molar-refractivity contribution in [1.29, 1.82) is 0 Å². The first-order valence-corrected chi connectivity index (χ1v) is 11.4. The Balaban J connectivity index is 1.32. The van der Waals surface area contributed by atoms with Crippen molar-refractivity contribution in [2.45, 2.75) is 45.4 Å². The van der Waals surface area contributed by atoms with Crippen LogP contribution in [0.25, 0.3) is 0 Å². The van der Waals surface area contributed by atoms with E-state index in [9.17, 15) is 4.79 Å². The highest BCUT2D eigenvalue weighted by molar-refractivity contribution is 5.94. The van der Waals surface area contributed by atoms with Gasteiger partial charge in [0.2, 0.25) is 0 Å². The number of aromatic amines is 1. The van der Waals surface area contributed by atoms with Crippen LogP contribution in [0.4, 0.5) is 0 Å². The molecule has 1 amide bonds. The molecule has 1 fully saturated rings. The van der Waals surface area contributed by atoms with Gasteiger partial charge in [-0.25, -0.2) is 0 Å². The van der Waals surface area contributed by atoms with Crippen molar-refractivity contribution >= 4 is 5.91 Å². The molecule has 0 saturated carbocycles. The van der Waals surface area contributed by atoms with Crippen molar-refractivity contribution in [1.82, 2.24) is 20.0 Å². The van der Waals surface area contributed by atoms with Crippen molar-refractivity contribution in [3.8, 4) is 5.75 Å². The number of rotatable bonds is 8. The minimum absolute atomic E-state index is 0.102. The average Bonchev–Trinajstić information content (AvgIpc) is 3.40. The van der Waals surface area contributed by atoms with Crippen molar-refractivity contribution in [2.75, 3.05) is 39.8 Å². The van der Waals surface area contributed by atoms with Gasteiger partial charge in [0.1, 0.15) is 5.75 Å². The van der Waals surface area contributed by atoms with Crippen LogP contribution in [0.3, 0.4) is 0 Å². The number of nitrogens with one attached hydrogen (secondary N) is 1. The zero-order valence-electron chi connectivity index (χ0n) is 18.3. The summed E-state index contributed by atoms with van der Waals surface area (Å²) in [4.78, 5) is 17.7. The number of ether oxygens (including phenoxy) is 1. The summed E-state index contributed by atoms with van der Waals surface area (Å²) in [6.07, 6.45) is 6.55. The maximum absolute atomic E-state index is 13.1. The maximum atomic E-state index is 13.1. The summed E-state index contributed by atoms with van der Waals surface area (Å²) in [7, 11) is 1.71. The van der Waals surface area contributed by atoms with E-state index in [1.54, 1.807) is 7.11 Å². The summed E-state index contributed by atoms with van der Waals surface area (Å²) >= 11 is 0. The number of fused-ring (bicyclic) bond motifs is 1. The van der Waals surface area contributed by atoms with Crippen LogP contribution in [-0.2, 0) is 19.3 Å². The van der Waals surface area contributed by atoms with E-state index >= 15 is 0 Å². The van der Waals surface area contributed by atoms with Crippen LogP contribution < -0.4 is 4.74 Å². The molecule has 1 atom stereocenters. The average molecular weight is 411 g/mol. The monoisotopic (exact) mass is 410 g/mol. The first-order chi connectivity index (χ1) is 14.7. The number of hydrogen-bond acceptors (Lipinski definition) is 4. The summed E-state index contributed by atoms with van der Waals surface area (Å²) in [5, 5.41) is 7.44. The Morgan fingerprint density at radius 2 is 2.23 bits per heavy atom. The molecule has 1 aromatic carbocycles. The second-order valence-corrected chi connectivity index (χ2v) is 8.64. The maximum Gasteiger partial charge on any atom is 0.274 e. The lowest BCUT2D eigenvalue weighted by atomic mass is 9.96. The molecule has 1 aliphatic carbocycles. The molecule has 1 unspecified atom stereocenters. The fourth-order valence-corrected chi connectivity index (χ4v) is 4.93. The van der Waals surface area contributed by atoms with Gasteiger partial charge in [0.15, 0.2) is 5.69 Å². The number of likely N-dealkylation sites (tertiary alicyclic amines) is 1. The Bertz CT molecular complexity index is 863. The molecule has 2 heterocycles. The number of H-pyrrole nitrogens is 1. The molecule has 30 heavy (non-hydrogen) atoms. The minimum Gasteiger partial charge on any atom is -0.497 e. The molecule has 2 aromatic rings. The standard InChI is InChI=1S/C24H34N4O2/c1-3-28(24(29)23-21-10-5-11-22(21)25-26-23)17-19-8-6-13-27(16-19)14-12-18-7-4-9-20(15-18)30-2/h4,7,9,15,19H,3,5-6,8,10-14,16-17H2,1-2H3,(H,25,26). The largest absolute Gasteiger partial charge is 0.497 e. The van der Waals surface area contributed by atoms with Gasteiger partial charge in [-0.3, -0.25) is 9.89 Å². The third kappa shape index (κ3) is 4.69. The van der Waals surface area contributed by atoms with Gasteiger partial charge in [0, 0.05) is 37.4 Å². The lowest BCUT2D eigenvalue weighted by molar-refractivity contribution is 0.0684. The van der Waals surface area contributed by atoms with Crippen molar-refractivity contribution in [3.05, 3.63) is 46.8 Å². The zero-order chi connectivity index (χ0) is 20.9. The fourth-order valence-electron chi connectivity index (χ4n) is 4.93. The molecular formula is C24H34N4O2. The minimum atomic E-state index is 0.102. The molecule has 0 spiro atoms. The van der Waals surface area contributed by atoms with E-state index in [1.165, 1.54) is 18.4 Å². The Morgan fingerprint density at radius 1 is 1.33 bits per heavy atom. The summed E-state index contributed by atoms with van der Waals surface area (Å²) in [6, 6.07) is 8.35. The van der Waals surface area contributed by atoms with E-state index in [4.69, 9.17) is 4.74 Å². The number of carbonyl (C=O) groups is 1. The highest BCUT2D eigenvalue weighted by Gasteiger charge is 2.28. The second kappa shape index (κ2) is 9.65. The van der Waals surface area contributed by atoms with Crippen molar-refractivity contribution < 1.29 is 9.53 Å². The molecule has 6 heteroatoms.